The number of morpholine rings is 1. The van der Waals surface area contributed by atoms with Crippen LogP contribution >= 0.6 is 0 Å². The molecule has 0 atom stereocenters. The van der Waals surface area contributed by atoms with E-state index in [2.05, 4.69) is 16.8 Å². The molecule has 7 nitrogen and oxygen atoms in total. The number of nitrogens with zero attached hydrogens (tertiary/aromatic N) is 2. The standard InChI is InChI=1S/C18H25N3O4S/c1-2-18(22)19-16-14-15(26(23,24)21-10-12-25-13-11-21)6-7-17(16)20-8-4-3-5-9-20/h2,6-7,14H,1,3-5,8-13H2,(H,19,22). The van der Waals surface area contributed by atoms with Crippen molar-refractivity contribution in [2.75, 3.05) is 49.6 Å². The van der Waals surface area contributed by atoms with Crippen LogP contribution in [-0.4, -0.2) is 58.0 Å². The highest BCUT2D eigenvalue weighted by Gasteiger charge is 2.27. The number of anilines is 2. The number of sulfonamides is 1. The number of hydrogen-bond acceptors (Lipinski definition) is 5. The Hall–Kier alpha value is -1.90. The van der Waals surface area contributed by atoms with E-state index in [1.165, 1.54) is 16.8 Å². The number of hydrogen-bond donors (Lipinski definition) is 1. The first-order chi connectivity index (χ1) is 12.5. The fraction of sp³-hybridized carbons (Fsp3) is 0.500. The Balaban J connectivity index is 1.95. The van der Waals surface area contributed by atoms with Crippen molar-refractivity contribution >= 4 is 27.3 Å². The van der Waals surface area contributed by atoms with Crippen molar-refractivity contribution in [2.45, 2.75) is 24.2 Å². The van der Waals surface area contributed by atoms with E-state index in [0.29, 0.717) is 32.0 Å². The molecule has 2 heterocycles. The van der Waals surface area contributed by atoms with Crippen LogP contribution in [0.4, 0.5) is 11.4 Å². The highest BCUT2D eigenvalue weighted by Crippen LogP contribution is 2.32. The lowest BCUT2D eigenvalue weighted by Crippen LogP contribution is -2.40. The molecular formula is C18H25N3O4S. The minimum atomic E-state index is -3.62. The molecule has 1 amide bonds. The molecule has 3 rings (SSSR count). The molecule has 142 valence electrons. The fourth-order valence-corrected chi connectivity index (χ4v) is 4.74. The third kappa shape index (κ3) is 4.08. The van der Waals surface area contributed by atoms with Crippen molar-refractivity contribution in [2.24, 2.45) is 0 Å². The minimum absolute atomic E-state index is 0.180. The number of nitrogens with one attached hydrogen (secondary N) is 1. The molecule has 1 aromatic rings. The zero-order valence-electron chi connectivity index (χ0n) is 14.8. The molecular weight excluding hydrogens is 354 g/mol. The lowest BCUT2D eigenvalue weighted by molar-refractivity contribution is -0.111. The number of amides is 1. The predicted molar refractivity (Wildman–Crippen MR) is 101 cm³/mol. The van der Waals surface area contributed by atoms with Crippen molar-refractivity contribution in [3.05, 3.63) is 30.9 Å². The largest absolute Gasteiger partial charge is 0.379 e. The van der Waals surface area contributed by atoms with Crippen molar-refractivity contribution in [3.63, 3.8) is 0 Å². The second-order valence-electron chi connectivity index (χ2n) is 6.44. The molecule has 0 radical (unpaired) electrons. The van der Waals surface area contributed by atoms with Gasteiger partial charge in [-0.1, -0.05) is 6.58 Å². The van der Waals surface area contributed by atoms with Gasteiger partial charge in [0.2, 0.25) is 15.9 Å². The van der Waals surface area contributed by atoms with Gasteiger partial charge in [-0.2, -0.15) is 4.31 Å². The van der Waals surface area contributed by atoms with E-state index >= 15 is 0 Å². The third-order valence-corrected chi connectivity index (χ3v) is 6.61. The van der Waals surface area contributed by atoms with Crippen LogP contribution in [0.25, 0.3) is 0 Å². The summed E-state index contributed by atoms with van der Waals surface area (Å²) in [5.41, 5.74) is 1.35. The number of carbonyl (C=O) groups is 1. The molecule has 1 N–H and O–H groups in total. The lowest BCUT2D eigenvalue weighted by Gasteiger charge is -2.31. The molecule has 2 saturated heterocycles. The first-order valence-electron chi connectivity index (χ1n) is 8.92. The summed E-state index contributed by atoms with van der Waals surface area (Å²) in [5.74, 6) is -0.357. The molecule has 0 aliphatic carbocycles. The molecule has 26 heavy (non-hydrogen) atoms. The van der Waals surface area contributed by atoms with E-state index < -0.39 is 10.0 Å². The maximum atomic E-state index is 12.9. The Morgan fingerprint density at radius 3 is 2.46 bits per heavy atom. The van der Waals surface area contributed by atoms with E-state index in [-0.39, 0.29) is 10.8 Å². The summed E-state index contributed by atoms with van der Waals surface area (Å²) in [5, 5.41) is 2.77. The van der Waals surface area contributed by atoms with Gasteiger partial charge in [-0.15, -0.1) is 0 Å². The summed E-state index contributed by atoms with van der Waals surface area (Å²) < 4.78 is 32.5. The predicted octanol–water partition coefficient (Wildman–Crippen LogP) is 1.82. The monoisotopic (exact) mass is 379 g/mol. The first-order valence-corrected chi connectivity index (χ1v) is 10.4. The maximum Gasteiger partial charge on any atom is 0.247 e. The van der Waals surface area contributed by atoms with Gasteiger partial charge in [-0.3, -0.25) is 4.79 Å². The van der Waals surface area contributed by atoms with Crippen LogP contribution in [0.15, 0.2) is 35.7 Å². The smallest absolute Gasteiger partial charge is 0.247 e. The SMILES string of the molecule is C=CC(=O)Nc1cc(S(=O)(=O)N2CCOCC2)ccc1N1CCCCC1. The Labute approximate surface area is 154 Å². The van der Waals surface area contributed by atoms with Gasteiger partial charge in [0, 0.05) is 26.2 Å². The van der Waals surface area contributed by atoms with E-state index in [1.54, 1.807) is 18.2 Å². The van der Waals surface area contributed by atoms with E-state index in [0.717, 1.165) is 31.6 Å². The molecule has 0 spiro atoms. The van der Waals surface area contributed by atoms with Gasteiger partial charge in [0.05, 0.1) is 29.5 Å². The first kappa shape index (κ1) is 18.9. The van der Waals surface area contributed by atoms with Crippen molar-refractivity contribution in [3.8, 4) is 0 Å². The zero-order chi connectivity index (χ0) is 18.6. The molecule has 1 aromatic carbocycles. The number of rotatable bonds is 5. The second-order valence-corrected chi connectivity index (χ2v) is 8.37. The highest BCUT2D eigenvalue weighted by atomic mass is 32.2. The Morgan fingerprint density at radius 1 is 1.12 bits per heavy atom. The van der Waals surface area contributed by atoms with Gasteiger partial charge < -0.3 is 15.0 Å². The molecule has 2 aliphatic heterocycles. The van der Waals surface area contributed by atoms with E-state index in [9.17, 15) is 13.2 Å². The van der Waals surface area contributed by atoms with Crippen LogP contribution in [0.3, 0.4) is 0 Å². The van der Waals surface area contributed by atoms with Gasteiger partial charge in [0.25, 0.3) is 0 Å². The van der Waals surface area contributed by atoms with Gasteiger partial charge in [-0.25, -0.2) is 8.42 Å². The Morgan fingerprint density at radius 2 is 1.81 bits per heavy atom. The summed E-state index contributed by atoms with van der Waals surface area (Å²) >= 11 is 0. The zero-order valence-corrected chi connectivity index (χ0v) is 15.6. The van der Waals surface area contributed by atoms with Crippen LogP contribution in [0.1, 0.15) is 19.3 Å². The molecule has 0 bridgehead atoms. The van der Waals surface area contributed by atoms with Crippen LogP contribution in [0.2, 0.25) is 0 Å². The van der Waals surface area contributed by atoms with Crippen LogP contribution < -0.4 is 10.2 Å². The quantitative estimate of drug-likeness (QED) is 0.790. The molecule has 0 aromatic heterocycles. The molecule has 2 fully saturated rings. The minimum Gasteiger partial charge on any atom is -0.379 e. The highest BCUT2D eigenvalue weighted by molar-refractivity contribution is 7.89. The summed E-state index contributed by atoms with van der Waals surface area (Å²) in [6.07, 6.45) is 4.54. The molecule has 0 unspecified atom stereocenters. The lowest BCUT2D eigenvalue weighted by atomic mass is 10.1. The summed E-state index contributed by atoms with van der Waals surface area (Å²) in [6.45, 7) is 6.73. The Bertz CT molecular complexity index is 767. The van der Waals surface area contributed by atoms with Crippen LogP contribution in [0, 0.1) is 0 Å². The van der Waals surface area contributed by atoms with Crippen molar-refractivity contribution in [1.29, 1.82) is 0 Å². The number of benzene rings is 1. The molecule has 0 saturated carbocycles. The second kappa shape index (κ2) is 8.20. The number of carbonyl (C=O) groups excluding carboxylic acids is 1. The third-order valence-electron chi connectivity index (χ3n) is 4.72. The van der Waals surface area contributed by atoms with Crippen LogP contribution in [0.5, 0.6) is 0 Å². The summed E-state index contributed by atoms with van der Waals surface area (Å²) in [6, 6.07) is 4.96. The normalized spacial score (nSPS) is 19.2. The molecule has 8 heteroatoms. The Kier molecular flexibility index (Phi) is 5.95. The van der Waals surface area contributed by atoms with Gasteiger partial charge >= 0.3 is 0 Å². The summed E-state index contributed by atoms with van der Waals surface area (Å²) in [4.78, 5) is 14.2. The maximum absolute atomic E-state index is 12.9. The van der Waals surface area contributed by atoms with Gasteiger partial charge in [-0.05, 0) is 43.5 Å². The van der Waals surface area contributed by atoms with E-state index in [4.69, 9.17) is 4.74 Å². The fourth-order valence-electron chi connectivity index (χ4n) is 3.31. The van der Waals surface area contributed by atoms with E-state index in [1.807, 2.05) is 0 Å². The van der Waals surface area contributed by atoms with Crippen molar-refractivity contribution in [1.82, 2.24) is 4.31 Å². The van der Waals surface area contributed by atoms with Gasteiger partial charge in [0.15, 0.2) is 0 Å². The summed E-state index contributed by atoms with van der Waals surface area (Å²) in [7, 11) is -3.62. The number of ether oxygens (including phenoxy) is 1. The average Bonchev–Trinajstić information content (AvgIpc) is 2.69. The van der Waals surface area contributed by atoms with Gasteiger partial charge in [0.1, 0.15) is 0 Å². The average molecular weight is 379 g/mol. The topological polar surface area (TPSA) is 79.0 Å². The number of piperidine rings is 1. The van der Waals surface area contributed by atoms with Crippen LogP contribution in [-0.2, 0) is 19.6 Å². The van der Waals surface area contributed by atoms with Crippen molar-refractivity contribution < 1.29 is 17.9 Å². The molecule has 2 aliphatic rings.